The third-order valence-corrected chi connectivity index (χ3v) is 0.977. The molecule has 0 saturated carbocycles. The van der Waals surface area contributed by atoms with Gasteiger partial charge in [-0.1, -0.05) is 13.8 Å². The molecule has 0 unspecified atom stereocenters. The number of ketones is 1. The number of rotatable bonds is 4. The average molecular weight is 251 g/mol. The molecule has 0 rings (SSSR count). The molecule has 0 aliphatic heterocycles. The summed E-state index contributed by atoms with van der Waals surface area (Å²) in [6.07, 6.45) is -0.119. The van der Waals surface area contributed by atoms with Gasteiger partial charge in [-0.2, -0.15) is 0 Å². The van der Waals surface area contributed by atoms with Crippen LogP contribution in [0, 0.1) is 5.92 Å². The van der Waals surface area contributed by atoms with Crippen LogP contribution in [0.4, 0.5) is 0 Å². The Morgan fingerprint density at radius 2 is 1.82 bits per heavy atom. The minimum absolute atomic E-state index is 0. The van der Waals surface area contributed by atoms with Crippen LogP contribution >= 0.6 is 0 Å². The number of carboxylic acids is 1. The molecule has 0 amide bonds. The summed E-state index contributed by atoms with van der Waals surface area (Å²) in [6, 6.07) is 0. The van der Waals surface area contributed by atoms with Gasteiger partial charge in [0.05, 0.1) is 0 Å². The molecule has 11 heavy (non-hydrogen) atoms. The van der Waals surface area contributed by atoms with Gasteiger partial charge in [-0.25, -0.2) is 0 Å². The molecule has 68 valence electrons. The van der Waals surface area contributed by atoms with Gasteiger partial charge in [0, 0.05) is 18.8 Å². The second-order valence-electron chi connectivity index (χ2n) is 2.69. The molecule has 3 nitrogen and oxygen atoms in total. The number of hydrogen-bond acceptors (Lipinski definition) is 3. The Morgan fingerprint density at radius 3 is 2.09 bits per heavy atom. The SMILES string of the molecule is CC(C)CC(=O)CC(=O)[O-].[Ag+]. The molecule has 0 saturated heterocycles. The van der Waals surface area contributed by atoms with Gasteiger partial charge in [-0.3, -0.25) is 4.79 Å². The van der Waals surface area contributed by atoms with Gasteiger partial charge in [0.1, 0.15) is 5.78 Å². The zero-order chi connectivity index (χ0) is 8.15. The number of carboxylic acid groups (broad SMARTS) is 1. The van der Waals surface area contributed by atoms with Crippen molar-refractivity contribution in [1.29, 1.82) is 0 Å². The van der Waals surface area contributed by atoms with Gasteiger partial charge in [-0.15, -0.1) is 0 Å². The quantitative estimate of drug-likeness (QED) is 0.511. The summed E-state index contributed by atoms with van der Waals surface area (Å²) in [7, 11) is 0. The van der Waals surface area contributed by atoms with E-state index in [0.29, 0.717) is 6.42 Å². The van der Waals surface area contributed by atoms with Crippen molar-refractivity contribution < 1.29 is 37.1 Å². The van der Waals surface area contributed by atoms with E-state index in [0.717, 1.165) is 0 Å². The second-order valence-corrected chi connectivity index (χ2v) is 2.69. The molecule has 0 N–H and O–H groups in total. The van der Waals surface area contributed by atoms with E-state index >= 15 is 0 Å². The van der Waals surface area contributed by atoms with Crippen molar-refractivity contribution in [2.24, 2.45) is 5.92 Å². The van der Waals surface area contributed by atoms with Gasteiger partial charge in [-0.05, 0) is 5.92 Å². The Balaban J connectivity index is 0. The van der Waals surface area contributed by atoms with Crippen molar-refractivity contribution in [2.45, 2.75) is 26.7 Å². The molecule has 0 aliphatic rings. The molecule has 0 radical (unpaired) electrons. The Kier molecular flexibility index (Phi) is 8.06. The van der Waals surface area contributed by atoms with Crippen LogP contribution in [0.5, 0.6) is 0 Å². The molecule has 0 aromatic rings. The largest absolute Gasteiger partial charge is 1.00 e. The first-order valence-corrected chi connectivity index (χ1v) is 3.24. The fourth-order valence-corrected chi connectivity index (χ4v) is 0.688. The summed E-state index contributed by atoms with van der Waals surface area (Å²) in [5.74, 6) is -1.31. The molecule has 0 aromatic heterocycles. The van der Waals surface area contributed by atoms with Crippen molar-refractivity contribution in [3.63, 3.8) is 0 Å². The molecule has 0 bridgehead atoms. The van der Waals surface area contributed by atoms with Crippen LogP contribution in [-0.2, 0) is 32.0 Å². The van der Waals surface area contributed by atoms with E-state index in [2.05, 4.69) is 0 Å². The minimum Gasteiger partial charge on any atom is -0.550 e. The first-order valence-electron chi connectivity index (χ1n) is 3.24. The maximum absolute atomic E-state index is 10.6. The van der Waals surface area contributed by atoms with E-state index in [1.54, 1.807) is 0 Å². The van der Waals surface area contributed by atoms with Crippen molar-refractivity contribution in [1.82, 2.24) is 0 Å². The predicted octanol–water partition coefficient (Wildman–Crippen LogP) is -0.261. The van der Waals surface area contributed by atoms with Crippen LogP contribution in [0.3, 0.4) is 0 Å². The van der Waals surface area contributed by atoms with Gasteiger partial charge >= 0.3 is 22.4 Å². The molecule has 0 heterocycles. The van der Waals surface area contributed by atoms with Crippen LogP contribution in [0.15, 0.2) is 0 Å². The Hall–Kier alpha value is -0.120. The van der Waals surface area contributed by atoms with Crippen LogP contribution in [0.2, 0.25) is 0 Å². The fourth-order valence-electron chi connectivity index (χ4n) is 0.688. The van der Waals surface area contributed by atoms with E-state index in [9.17, 15) is 14.7 Å². The number of carbonyl (C=O) groups is 2. The van der Waals surface area contributed by atoms with E-state index in [-0.39, 0.29) is 34.1 Å². The van der Waals surface area contributed by atoms with E-state index in [4.69, 9.17) is 0 Å². The number of Topliss-reactive ketones (excluding diaryl/α,β-unsaturated/α-hetero) is 1. The van der Waals surface area contributed by atoms with Crippen LogP contribution in [0.25, 0.3) is 0 Å². The van der Waals surface area contributed by atoms with Gasteiger partial charge in [0.25, 0.3) is 0 Å². The summed E-state index contributed by atoms with van der Waals surface area (Å²) >= 11 is 0. The molecule has 4 heteroatoms. The topological polar surface area (TPSA) is 57.2 Å². The average Bonchev–Trinajstić information content (AvgIpc) is 1.58. The number of carbonyl (C=O) groups excluding carboxylic acids is 2. The number of aliphatic carboxylic acids is 1. The van der Waals surface area contributed by atoms with E-state index < -0.39 is 12.4 Å². The van der Waals surface area contributed by atoms with Crippen molar-refractivity contribution in [2.75, 3.05) is 0 Å². The summed E-state index contributed by atoms with van der Waals surface area (Å²) in [5.41, 5.74) is 0. The summed E-state index contributed by atoms with van der Waals surface area (Å²) in [6.45, 7) is 3.74. The first-order chi connectivity index (χ1) is 4.52. The molecule has 0 spiro atoms. The third-order valence-electron chi connectivity index (χ3n) is 0.977. The summed E-state index contributed by atoms with van der Waals surface area (Å²) in [4.78, 5) is 20.5. The molecule has 0 atom stereocenters. The Bertz CT molecular complexity index is 143. The van der Waals surface area contributed by atoms with Gasteiger partial charge in [0.2, 0.25) is 0 Å². The predicted molar refractivity (Wildman–Crippen MR) is 34.1 cm³/mol. The van der Waals surface area contributed by atoms with Crippen molar-refractivity contribution in [3.05, 3.63) is 0 Å². The smallest absolute Gasteiger partial charge is 0.550 e. The van der Waals surface area contributed by atoms with E-state index in [1.165, 1.54) is 0 Å². The Labute approximate surface area is 81.7 Å². The van der Waals surface area contributed by atoms with Crippen LogP contribution in [0.1, 0.15) is 26.7 Å². The van der Waals surface area contributed by atoms with Gasteiger partial charge in [0.15, 0.2) is 0 Å². The molecular weight excluding hydrogens is 240 g/mol. The third kappa shape index (κ3) is 9.88. The van der Waals surface area contributed by atoms with Crippen molar-refractivity contribution in [3.8, 4) is 0 Å². The standard InChI is InChI=1S/C7H12O3.Ag/c1-5(2)3-6(8)4-7(9)10;/h5H,3-4H2,1-2H3,(H,9,10);/q;+1/p-1. The summed E-state index contributed by atoms with van der Waals surface area (Å²) in [5, 5.41) is 9.86. The van der Waals surface area contributed by atoms with Crippen molar-refractivity contribution >= 4 is 11.8 Å². The zero-order valence-corrected chi connectivity index (χ0v) is 8.00. The molecular formula is C7H11AgO3. The fraction of sp³-hybridized carbons (Fsp3) is 0.714. The molecule has 0 aromatic carbocycles. The Morgan fingerprint density at radius 1 is 1.36 bits per heavy atom. The molecule has 0 aliphatic carbocycles. The first kappa shape index (κ1) is 13.5. The molecule has 0 fully saturated rings. The van der Waals surface area contributed by atoms with E-state index in [1.807, 2.05) is 13.8 Å². The van der Waals surface area contributed by atoms with Gasteiger partial charge < -0.3 is 9.90 Å². The second kappa shape index (κ2) is 6.58. The normalized spacial score (nSPS) is 9.00. The summed E-state index contributed by atoms with van der Waals surface area (Å²) < 4.78 is 0. The minimum atomic E-state index is -1.29. The van der Waals surface area contributed by atoms with Crippen LogP contribution < -0.4 is 5.11 Å². The maximum Gasteiger partial charge on any atom is 1.00 e. The monoisotopic (exact) mass is 250 g/mol. The zero-order valence-electron chi connectivity index (χ0n) is 6.52. The number of hydrogen-bond donors (Lipinski definition) is 0. The maximum atomic E-state index is 10.6. The van der Waals surface area contributed by atoms with Crippen LogP contribution in [-0.4, -0.2) is 11.8 Å².